The van der Waals surface area contributed by atoms with E-state index in [1.54, 1.807) is 0 Å². The summed E-state index contributed by atoms with van der Waals surface area (Å²) in [5, 5.41) is 26.2. The summed E-state index contributed by atoms with van der Waals surface area (Å²) in [6.45, 7) is -0.865. The molecule has 0 spiro atoms. The topological polar surface area (TPSA) is 145 Å². The molecular formula is C5H11O8P. The molecular weight excluding hydrogens is 219 g/mol. The first-order valence-corrected chi connectivity index (χ1v) is 5.01. The second-order valence-electron chi connectivity index (χ2n) is 2.44. The highest BCUT2D eigenvalue weighted by atomic mass is 31.2. The van der Waals surface area contributed by atoms with Gasteiger partial charge >= 0.3 is 7.82 Å². The van der Waals surface area contributed by atoms with E-state index >= 15 is 0 Å². The molecule has 0 bridgehead atoms. The number of phosphoric acid groups is 1. The molecule has 0 heterocycles. The largest absolute Gasteiger partial charge is 0.470 e. The molecule has 5 N–H and O–H groups in total. The average Bonchev–Trinajstić information content (AvgIpc) is 2.10. The standard InChI is InChI=1S/C5H11O8P/c6-1-3(8)5(9)4(2-7)13-14(10,11)12/h2-6,8-9H,1H2,(H2,10,11,12)/t3-,4+,5-/m1/s1. The normalized spacial score (nSPS) is 18.6. The third-order valence-corrected chi connectivity index (χ3v) is 1.83. The Morgan fingerprint density at radius 3 is 2.14 bits per heavy atom. The quantitative estimate of drug-likeness (QED) is 0.246. The summed E-state index contributed by atoms with van der Waals surface area (Å²) in [7, 11) is -4.93. The van der Waals surface area contributed by atoms with Crippen LogP contribution in [0.15, 0.2) is 0 Å². The molecule has 84 valence electrons. The Morgan fingerprint density at radius 1 is 1.36 bits per heavy atom. The molecule has 3 atom stereocenters. The highest BCUT2D eigenvalue weighted by Crippen LogP contribution is 2.37. The fourth-order valence-electron chi connectivity index (χ4n) is 0.653. The van der Waals surface area contributed by atoms with Crippen LogP contribution in [0.1, 0.15) is 0 Å². The van der Waals surface area contributed by atoms with E-state index in [-0.39, 0.29) is 6.29 Å². The average molecular weight is 230 g/mol. The summed E-state index contributed by atoms with van der Waals surface area (Å²) in [5.41, 5.74) is 0. The zero-order chi connectivity index (χ0) is 11.4. The van der Waals surface area contributed by atoms with Crippen LogP contribution in [0, 0.1) is 0 Å². The van der Waals surface area contributed by atoms with Gasteiger partial charge in [0.15, 0.2) is 12.4 Å². The number of carbonyl (C=O) groups is 1. The number of aldehydes is 1. The lowest BCUT2D eigenvalue weighted by molar-refractivity contribution is -0.126. The first-order chi connectivity index (χ1) is 6.31. The van der Waals surface area contributed by atoms with Gasteiger partial charge in [-0.1, -0.05) is 0 Å². The summed E-state index contributed by atoms with van der Waals surface area (Å²) in [5.74, 6) is 0. The van der Waals surface area contributed by atoms with E-state index in [9.17, 15) is 9.36 Å². The van der Waals surface area contributed by atoms with Crippen molar-refractivity contribution in [2.45, 2.75) is 18.3 Å². The van der Waals surface area contributed by atoms with Crippen molar-refractivity contribution in [3.63, 3.8) is 0 Å². The van der Waals surface area contributed by atoms with Gasteiger partial charge in [0.05, 0.1) is 6.61 Å². The van der Waals surface area contributed by atoms with Gasteiger partial charge in [-0.15, -0.1) is 0 Å². The van der Waals surface area contributed by atoms with Gasteiger partial charge in [0, 0.05) is 0 Å². The number of aliphatic hydroxyl groups is 3. The third kappa shape index (κ3) is 4.77. The van der Waals surface area contributed by atoms with E-state index in [1.165, 1.54) is 0 Å². The van der Waals surface area contributed by atoms with Gasteiger partial charge in [-0.25, -0.2) is 4.57 Å². The summed E-state index contributed by atoms with van der Waals surface area (Å²) in [6.07, 6.45) is -5.58. The van der Waals surface area contributed by atoms with Gasteiger partial charge in [-0.05, 0) is 0 Å². The Hall–Kier alpha value is -0.340. The number of hydrogen-bond acceptors (Lipinski definition) is 6. The molecule has 0 aliphatic rings. The van der Waals surface area contributed by atoms with Crippen molar-refractivity contribution in [1.29, 1.82) is 0 Å². The van der Waals surface area contributed by atoms with Crippen LogP contribution in [0.2, 0.25) is 0 Å². The Bertz CT molecular complexity index is 224. The van der Waals surface area contributed by atoms with Gasteiger partial charge in [0.25, 0.3) is 0 Å². The van der Waals surface area contributed by atoms with E-state index in [4.69, 9.17) is 25.1 Å². The third-order valence-electron chi connectivity index (χ3n) is 1.31. The van der Waals surface area contributed by atoms with E-state index < -0.39 is 32.7 Å². The second-order valence-corrected chi connectivity index (χ2v) is 3.63. The Labute approximate surface area is 79.0 Å². The first kappa shape index (κ1) is 13.7. The summed E-state index contributed by atoms with van der Waals surface area (Å²) in [6, 6.07) is 0. The van der Waals surface area contributed by atoms with Gasteiger partial charge in [-0.2, -0.15) is 0 Å². The molecule has 9 heteroatoms. The van der Waals surface area contributed by atoms with Crippen LogP contribution >= 0.6 is 7.82 Å². The number of aliphatic hydroxyl groups excluding tert-OH is 3. The van der Waals surface area contributed by atoms with Crippen LogP contribution in [0.25, 0.3) is 0 Å². The molecule has 0 unspecified atom stereocenters. The predicted octanol–water partition coefficient (Wildman–Crippen LogP) is -2.62. The van der Waals surface area contributed by atoms with Crippen LogP contribution < -0.4 is 0 Å². The summed E-state index contributed by atoms with van der Waals surface area (Å²) in [4.78, 5) is 26.8. The summed E-state index contributed by atoms with van der Waals surface area (Å²) < 4.78 is 14.1. The van der Waals surface area contributed by atoms with Crippen molar-refractivity contribution in [1.82, 2.24) is 0 Å². The molecule has 0 saturated carbocycles. The van der Waals surface area contributed by atoms with Crippen molar-refractivity contribution in [2.24, 2.45) is 0 Å². The lowest BCUT2D eigenvalue weighted by Crippen LogP contribution is -2.41. The van der Waals surface area contributed by atoms with Crippen LogP contribution in [-0.2, 0) is 13.9 Å². The van der Waals surface area contributed by atoms with Crippen molar-refractivity contribution in [3.8, 4) is 0 Å². The van der Waals surface area contributed by atoms with Crippen molar-refractivity contribution >= 4 is 14.1 Å². The Kier molecular flexibility index (Phi) is 5.38. The van der Waals surface area contributed by atoms with Gasteiger partial charge in [-0.3, -0.25) is 4.52 Å². The van der Waals surface area contributed by atoms with Crippen molar-refractivity contribution in [2.75, 3.05) is 6.61 Å². The molecule has 0 aromatic rings. The van der Waals surface area contributed by atoms with Crippen LogP contribution in [0.3, 0.4) is 0 Å². The molecule has 0 amide bonds. The lowest BCUT2D eigenvalue weighted by atomic mass is 10.1. The number of carbonyl (C=O) groups excluding carboxylic acids is 1. The number of rotatable bonds is 6. The maximum atomic E-state index is 10.3. The van der Waals surface area contributed by atoms with E-state index in [1.807, 2.05) is 0 Å². The van der Waals surface area contributed by atoms with Crippen molar-refractivity contribution < 1.29 is 39.0 Å². The lowest BCUT2D eigenvalue weighted by Gasteiger charge is -2.21. The van der Waals surface area contributed by atoms with Crippen molar-refractivity contribution in [3.05, 3.63) is 0 Å². The molecule has 0 saturated heterocycles. The minimum atomic E-state index is -4.93. The van der Waals surface area contributed by atoms with Gasteiger partial charge < -0.3 is 29.9 Å². The molecule has 8 nitrogen and oxygen atoms in total. The molecule has 0 rings (SSSR count). The maximum Gasteiger partial charge on any atom is 0.470 e. The molecule has 0 radical (unpaired) electrons. The minimum Gasteiger partial charge on any atom is -0.394 e. The van der Waals surface area contributed by atoms with Crippen LogP contribution in [0.4, 0.5) is 0 Å². The first-order valence-electron chi connectivity index (χ1n) is 3.48. The minimum absolute atomic E-state index is 0.0807. The molecule has 0 fully saturated rings. The highest BCUT2D eigenvalue weighted by molar-refractivity contribution is 7.46. The highest BCUT2D eigenvalue weighted by Gasteiger charge is 2.32. The van der Waals surface area contributed by atoms with Crippen LogP contribution in [-0.4, -0.2) is 56.3 Å². The zero-order valence-electron chi connectivity index (χ0n) is 6.92. The summed E-state index contributed by atoms with van der Waals surface area (Å²) >= 11 is 0. The molecule has 0 aliphatic carbocycles. The monoisotopic (exact) mass is 230 g/mol. The Balaban J connectivity index is 4.41. The van der Waals surface area contributed by atoms with E-state index in [0.29, 0.717) is 0 Å². The number of phosphoric ester groups is 1. The molecule has 0 aromatic carbocycles. The van der Waals surface area contributed by atoms with Gasteiger partial charge in [0.1, 0.15) is 12.2 Å². The number of hydrogen-bond donors (Lipinski definition) is 5. The fraction of sp³-hybridized carbons (Fsp3) is 0.800. The van der Waals surface area contributed by atoms with E-state index in [2.05, 4.69) is 4.52 Å². The fourth-order valence-corrected chi connectivity index (χ4v) is 1.14. The molecule has 14 heavy (non-hydrogen) atoms. The maximum absolute atomic E-state index is 10.3. The van der Waals surface area contributed by atoms with Crippen LogP contribution in [0.5, 0.6) is 0 Å². The smallest absolute Gasteiger partial charge is 0.394 e. The zero-order valence-corrected chi connectivity index (χ0v) is 7.82. The van der Waals surface area contributed by atoms with E-state index in [0.717, 1.165) is 0 Å². The Morgan fingerprint density at radius 2 is 1.86 bits per heavy atom. The SMILES string of the molecule is O=C[C@H](OP(=O)(O)O)[C@H](O)[C@H](O)CO. The van der Waals surface area contributed by atoms with Gasteiger partial charge in [0.2, 0.25) is 0 Å². The molecule has 0 aliphatic heterocycles. The second kappa shape index (κ2) is 5.52. The predicted molar refractivity (Wildman–Crippen MR) is 42.1 cm³/mol. The molecule has 0 aromatic heterocycles.